The standard InChI is InChI=1S/C22H25N3O5S/c1-15-7-8-18(25-9-4-10-31(25,28)29)13-20(15)23-22(27)16-11-21(26)24(14-16)17-5-3-6-19(12-17)30-2/h3,5-8,12-13,16H,4,9-11,14H2,1-2H3,(H,23,27). The number of methoxy groups -OCH3 is 1. The first-order valence-electron chi connectivity index (χ1n) is 10.1. The molecule has 2 aromatic rings. The maximum atomic E-state index is 12.9. The number of amides is 2. The Morgan fingerprint density at radius 3 is 2.68 bits per heavy atom. The molecule has 2 aliphatic heterocycles. The number of ether oxygens (including phenoxy) is 1. The van der Waals surface area contributed by atoms with Gasteiger partial charge in [0.15, 0.2) is 0 Å². The topological polar surface area (TPSA) is 96.0 Å². The fraction of sp³-hybridized carbons (Fsp3) is 0.364. The molecule has 0 aliphatic carbocycles. The lowest BCUT2D eigenvalue weighted by molar-refractivity contribution is -0.122. The van der Waals surface area contributed by atoms with Gasteiger partial charge in [0.05, 0.1) is 24.5 Å². The zero-order chi connectivity index (χ0) is 22.2. The Labute approximate surface area is 181 Å². The van der Waals surface area contributed by atoms with Gasteiger partial charge in [-0.15, -0.1) is 0 Å². The summed E-state index contributed by atoms with van der Waals surface area (Å²) in [7, 11) is -1.75. The van der Waals surface area contributed by atoms with Gasteiger partial charge in [0.2, 0.25) is 21.8 Å². The lowest BCUT2D eigenvalue weighted by atomic mass is 10.1. The third-order valence-corrected chi connectivity index (χ3v) is 7.60. The van der Waals surface area contributed by atoms with E-state index in [-0.39, 0.29) is 30.5 Å². The highest BCUT2D eigenvalue weighted by Crippen LogP contribution is 2.31. The van der Waals surface area contributed by atoms with E-state index in [0.29, 0.717) is 35.8 Å². The highest BCUT2D eigenvalue weighted by atomic mass is 32.2. The van der Waals surface area contributed by atoms with Crippen molar-refractivity contribution < 1.29 is 22.7 Å². The predicted octanol–water partition coefficient (Wildman–Crippen LogP) is 2.54. The van der Waals surface area contributed by atoms with E-state index < -0.39 is 15.9 Å². The third kappa shape index (κ3) is 4.23. The zero-order valence-corrected chi connectivity index (χ0v) is 18.3. The fourth-order valence-corrected chi connectivity index (χ4v) is 5.53. The molecule has 4 rings (SSSR count). The monoisotopic (exact) mass is 443 g/mol. The van der Waals surface area contributed by atoms with Crippen molar-refractivity contribution in [2.45, 2.75) is 19.8 Å². The van der Waals surface area contributed by atoms with Crippen molar-refractivity contribution in [3.05, 3.63) is 48.0 Å². The number of hydrogen-bond donors (Lipinski definition) is 1. The van der Waals surface area contributed by atoms with Crippen LogP contribution in [-0.4, -0.2) is 46.2 Å². The summed E-state index contributed by atoms with van der Waals surface area (Å²) in [6.07, 6.45) is 0.699. The van der Waals surface area contributed by atoms with Crippen LogP contribution in [0, 0.1) is 12.8 Å². The highest BCUT2D eigenvalue weighted by Gasteiger charge is 2.35. The van der Waals surface area contributed by atoms with E-state index in [1.807, 2.05) is 13.0 Å². The molecule has 0 bridgehead atoms. The molecule has 164 valence electrons. The average molecular weight is 444 g/mol. The molecule has 0 radical (unpaired) electrons. The summed E-state index contributed by atoms with van der Waals surface area (Å²) in [6, 6.07) is 12.4. The SMILES string of the molecule is COc1cccc(N2CC(C(=O)Nc3cc(N4CCCS4(=O)=O)ccc3C)CC2=O)c1. The van der Waals surface area contributed by atoms with Crippen LogP contribution in [0.4, 0.5) is 17.1 Å². The first-order valence-corrected chi connectivity index (χ1v) is 11.8. The van der Waals surface area contributed by atoms with Crippen molar-refractivity contribution in [1.29, 1.82) is 0 Å². The quantitative estimate of drug-likeness (QED) is 0.766. The first kappa shape index (κ1) is 21.2. The average Bonchev–Trinajstić information content (AvgIpc) is 3.31. The van der Waals surface area contributed by atoms with Crippen LogP contribution in [-0.2, 0) is 19.6 Å². The Morgan fingerprint density at radius 1 is 1.16 bits per heavy atom. The number of rotatable bonds is 5. The molecule has 1 atom stereocenters. The predicted molar refractivity (Wildman–Crippen MR) is 119 cm³/mol. The lowest BCUT2D eigenvalue weighted by Gasteiger charge is -2.20. The van der Waals surface area contributed by atoms with Gasteiger partial charge in [0.25, 0.3) is 0 Å². The smallest absolute Gasteiger partial charge is 0.235 e. The largest absolute Gasteiger partial charge is 0.497 e. The number of carbonyl (C=O) groups is 2. The Balaban J connectivity index is 1.50. The minimum Gasteiger partial charge on any atom is -0.497 e. The number of nitrogens with zero attached hydrogens (tertiary/aromatic N) is 2. The molecule has 2 fully saturated rings. The number of nitrogens with one attached hydrogen (secondary N) is 1. The minimum atomic E-state index is -3.31. The van der Waals surface area contributed by atoms with Gasteiger partial charge in [-0.1, -0.05) is 12.1 Å². The van der Waals surface area contributed by atoms with Crippen LogP contribution in [0.2, 0.25) is 0 Å². The van der Waals surface area contributed by atoms with Crippen molar-refractivity contribution in [2.75, 3.05) is 40.5 Å². The maximum Gasteiger partial charge on any atom is 0.235 e. The second kappa shape index (κ2) is 8.22. The molecule has 31 heavy (non-hydrogen) atoms. The van der Waals surface area contributed by atoms with Crippen LogP contribution >= 0.6 is 0 Å². The second-order valence-corrected chi connectivity index (χ2v) is 9.85. The molecule has 0 saturated carbocycles. The summed E-state index contributed by atoms with van der Waals surface area (Å²) in [5.41, 5.74) is 2.61. The molecule has 0 aromatic heterocycles. The summed E-state index contributed by atoms with van der Waals surface area (Å²) in [5.74, 6) is -0.113. The minimum absolute atomic E-state index is 0.113. The van der Waals surface area contributed by atoms with Crippen LogP contribution in [0.15, 0.2) is 42.5 Å². The number of carbonyl (C=O) groups excluding carboxylic acids is 2. The van der Waals surface area contributed by atoms with E-state index in [1.165, 1.54) is 4.31 Å². The van der Waals surface area contributed by atoms with Gasteiger partial charge in [-0.25, -0.2) is 8.42 Å². The third-order valence-electron chi connectivity index (χ3n) is 5.73. The fourth-order valence-electron chi connectivity index (χ4n) is 3.98. The second-order valence-electron chi connectivity index (χ2n) is 7.84. The van der Waals surface area contributed by atoms with Gasteiger partial charge in [0.1, 0.15) is 5.75 Å². The van der Waals surface area contributed by atoms with Crippen molar-refractivity contribution in [3.8, 4) is 5.75 Å². The number of hydrogen-bond acceptors (Lipinski definition) is 5. The van der Waals surface area contributed by atoms with E-state index in [2.05, 4.69) is 5.32 Å². The van der Waals surface area contributed by atoms with Gasteiger partial charge in [-0.2, -0.15) is 0 Å². The summed E-state index contributed by atoms with van der Waals surface area (Å²) < 4.78 is 31.1. The number of benzene rings is 2. The van der Waals surface area contributed by atoms with Crippen LogP contribution < -0.4 is 19.3 Å². The Kier molecular flexibility index (Phi) is 5.62. The van der Waals surface area contributed by atoms with E-state index in [9.17, 15) is 18.0 Å². The first-order chi connectivity index (χ1) is 14.8. The van der Waals surface area contributed by atoms with Gasteiger partial charge in [-0.05, 0) is 43.2 Å². The maximum absolute atomic E-state index is 12.9. The number of aryl methyl sites for hydroxylation is 1. The molecule has 1 unspecified atom stereocenters. The molecule has 2 saturated heterocycles. The number of sulfonamides is 1. The molecular weight excluding hydrogens is 418 g/mol. The molecular formula is C22H25N3O5S. The van der Waals surface area contributed by atoms with Gasteiger partial charge < -0.3 is 15.0 Å². The van der Waals surface area contributed by atoms with Crippen molar-refractivity contribution in [1.82, 2.24) is 0 Å². The van der Waals surface area contributed by atoms with Crippen molar-refractivity contribution >= 4 is 38.9 Å². The highest BCUT2D eigenvalue weighted by molar-refractivity contribution is 7.93. The Hall–Kier alpha value is -3.07. The van der Waals surface area contributed by atoms with Gasteiger partial charge in [0, 0.05) is 37.0 Å². The molecule has 8 nitrogen and oxygen atoms in total. The normalized spacial score (nSPS) is 20.2. The van der Waals surface area contributed by atoms with E-state index in [1.54, 1.807) is 48.4 Å². The molecule has 2 aliphatic rings. The summed E-state index contributed by atoms with van der Waals surface area (Å²) in [6.45, 7) is 2.56. The van der Waals surface area contributed by atoms with Crippen LogP contribution in [0.5, 0.6) is 5.75 Å². The van der Waals surface area contributed by atoms with Crippen LogP contribution in [0.3, 0.4) is 0 Å². The molecule has 2 amide bonds. The molecule has 2 aromatic carbocycles. The molecule has 2 heterocycles. The van der Waals surface area contributed by atoms with Gasteiger partial charge in [-0.3, -0.25) is 13.9 Å². The number of anilines is 3. The molecule has 9 heteroatoms. The van der Waals surface area contributed by atoms with Crippen molar-refractivity contribution in [3.63, 3.8) is 0 Å². The van der Waals surface area contributed by atoms with Gasteiger partial charge >= 0.3 is 0 Å². The van der Waals surface area contributed by atoms with Crippen LogP contribution in [0.1, 0.15) is 18.4 Å². The Bertz CT molecular complexity index is 1130. The van der Waals surface area contributed by atoms with E-state index in [4.69, 9.17) is 4.74 Å². The summed E-state index contributed by atoms with van der Waals surface area (Å²) in [4.78, 5) is 27.1. The van der Waals surface area contributed by atoms with E-state index in [0.717, 1.165) is 5.56 Å². The van der Waals surface area contributed by atoms with Crippen molar-refractivity contribution in [2.24, 2.45) is 5.92 Å². The zero-order valence-electron chi connectivity index (χ0n) is 17.5. The summed E-state index contributed by atoms with van der Waals surface area (Å²) >= 11 is 0. The molecule has 1 N–H and O–H groups in total. The van der Waals surface area contributed by atoms with Crippen LogP contribution in [0.25, 0.3) is 0 Å². The lowest BCUT2D eigenvalue weighted by Crippen LogP contribution is -2.28. The Morgan fingerprint density at radius 2 is 1.97 bits per heavy atom. The molecule has 0 spiro atoms. The van der Waals surface area contributed by atoms with E-state index >= 15 is 0 Å². The summed E-state index contributed by atoms with van der Waals surface area (Å²) in [5, 5.41) is 2.89.